The normalized spacial score (nSPS) is 17.9. The monoisotopic (exact) mass is 256 g/mol. The molecule has 0 aromatic heterocycles. The average molecular weight is 256 g/mol. The minimum absolute atomic E-state index is 0.0596. The van der Waals surface area contributed by atoms with Crippen molar-refractivity contribution >= 4 is 11.5 Å². The van der Waals surface area contributed by atoms with E-state index < -0.39 is 0 Å². The standard InChI is InChI=1S/C16H20N2O/c1-12(19)14-5-4-13(11-17)10-15(14)18-8-6-16(2,3)7-9-18/h4-5,10H,6-9H2,1-3H3. The highest BCUT2D eigenvalue weighted by atomic mass is 16.1. The number of rotatable bonds is 2. The second kappa shape index (κ2) is 5.05. The molecule has 1 aliphatic heterocycles. The van der Waals surface area contributed by atoms with Crippen LogP contribution in [0.3, 0.4) is 0 Å². The third kappa shape index (κ3) is 2.96. The van der Waals surface area contributed by atoms with Gasteiger partial charge in [0.1, 0.15) is 0 Å². The number of hydrogen-bond donors (Lipinski definition) is 0. The predicted octanol–water partition coefficient (Wildman–Crippen LogP) is 3.39. The highest BCUT2D eigenvalue weighted by Crippen LogP contribution is 2.33. The number of Topliss-reactive ketones (excluding diaryl/α,β-unsaturated/α-hetero) is 1. The van der Waals surface area contributed by atoms with Crippen molar-refractivity contribution in [1.82, 2.24) is 0 Å². The number of benzene rings is 1. The maximum absolute atomic E-state index is 11.7. The zero-order valence-corrected chi connectivity index (χ0v) is 11.9. The molecule has 1 aliphatic rings. The summed E-state index contributed by atoms with van der Waals surface area (Å²) in [6, 6.07) is 7.48. The van der Waals surface area contributed by atoms with Gasteiger partial charge in [-0.2, -0.15) is 5.26 Å². The van der Waals surface area contributed by atoms with E-state index in [2.05, 4.69) is 24.8 Å². The zero-order chi connectivity index (χ0) is 14.0. The van der Waals surface area contributed by atoms with Crippen molar-refractivity contribution in [2.75, 3.05) is 18.0 Å². The van der Waals surface area contributed by atoms with Crippen LogP contribution in [0.1, 0.15) is 49.5 Å². The Morgan fingerprint density at radius 2 is 1.95 bits per heavy atom. The van der Waals surface area contributed by atoms with Gasteiger partial charge in [0.05, 0.1) is 11.6 Å². The van der Waals surface area contributed by atoms with Crippen molar-refractivity contribution in [3.05, 3.63) is 29.3 Å². The first kappa shape index (κ1) is 13.6. The van der Waals surface area contributed by atoms with Crippen molar-refractivity contribution in [3.8, 4) is 6.07 Å². The second-order valence-corrected chi connectivity index (χ2v) is 6.05. The topological polar surface area (TPSA) is 44.1 Å². The smallest absolute Gasteiger partial charge is 0.161 e. The summed E-state index contributed by atoms with van der Waals surface area (Å²) >= 11 is 0. The fraction of sp³-hybridized carbons (Fsp3) is 0.500. The molecular weight excluding hydrogens is 236 g/mol. The molecule has 1 aromatic carbocycles. The number of carbonyl (C=O) groups is 1. The van der Waals surface area contributed by atoms with Gasteiger partial charge in [0, 0.05) is 24.3 Å². The largest absolute Gasteiger partial charge is 0.371 e. The molecule has 0 saturated carbocycles. The summed E-state index contributed by atoms with van der Waals surface area (Å²) in [5.74, 6) is 0.0596. The molecule has 0 atom stereocenters. The summed E-state index contributed by atoms with van der Waals surface area (Å²) in [4.78, 5) is 14.0. The quantitative estimate of drug-likeness (QED) is 0.762. The highest BCUT2D eigenvalue weighted by molar-refractivity contribution is 6.00. The van der Waals surface area contributed by atoms with E-state index in [0.29, 0.717) is 11.0 Å². The van der Waals surface area contributed by atoms with Gasteiger partial charge in [-0.3, -0.25) is 4.79 Å². The Morgan fingerprint density at radius 1 is 1.32 bits per heavy atom. The Bertz CT molecular complexity index is 530. The maximum Gasteiger partial charge on any atom is 0.161 e. The van der Waals surface area contributed by atoms with E-state index in [9.17, 15) is 4.79 Å². The Hall–Kier alpha value is -1.82. The summed E-state index contributed by atoms with van der Waals surface area (Å²) in [6.45, 7) is 8.03. The molecule has 0 aliphatic carbocycles. The van der Waals surface area contributed by atoms with Crippen LogP contribution in [0.5, 0.6) is 0 Å². The molecule has 0 spiro atoms. The molecule has 0 bridgehead atoms. The summed E-state index contributed by atoms with van der Waals surface area (Å²) in [7, 11) is 0. The van der Waals surface area contributed by atoms with Gasteiger partial charge in [-0.15, -0.1) is 0 Å². The number of nitrogens with zero attached hydrogens (tertiary/aromatic N) is 2. The molecule has 1 aromatic rings. The molecule has 2 rings (SSSR count). The first-order valence-corrected chi connectivity index (χ1v) is 6.73. The third-order valence-corrected chi connectivity index (χ3v) is 3.96. The summed E-state index contributed by atoms with van der Waals surface area (Å²) < 4.78 is 0. The SMILES string of the molecule is CC(=O)c1ccc(C#N)cc1N1CCC(C)(C)CC1. The van der Waals surface area contributed by atoms with Gasteiger partial charge in [0.2, 0.25) is 0 Å². The van der Waals surface area contributed by atoms with Crippen molar-refractivity contribution in [1.29, 1.82) is 5.26 Å². The van der Waals surface area contributed by atoms with Gasteiger partial charge >= 0.3 is 0 Å². The van der Waals surface area contributed by atoms with Gasteiger partial charge in [0.25, 0.3) is 0 Å². The van der Waals surface area contributed by atoms with E-state index in [4.69, 9.17) is 5.26 Å². The third-order valence-electron chi connectivity index (χ3n) is 3.96. The summed E-state index contributed by atoms with van der Waals surface area (Å²) in [6.07, 6.45) is 2.22. The van der Waals surface area contributed by atoms with Crippen molar-refractivity contribution in [2.24, 2.45) is 5.41 Å². The number of piperidine rings is 1. The average Bonchev–Trinajstić information content (AvgIpc) is 2.38. The molecule has 3 heteroatoms. The molecule has 0 unspecified atom stereocenters. The summed E-state index contributed by atoms with van der Waals surface area (Å²) in [5.41, 5.74) is 2.63. The molecule has 19 heavy (non-hydrogen) atoms. The number of nitriles is 1. The van der Waals surface area contributed by atoms with E-state index >= 15 is 0 Å². The van der Waals surface area contributed by atoms with Crippen molar-refractivity contribution in [3.63, 3.8) is 0 Å². The lowest BCUT2D eigenvalue weighted by atomic mass is 9.82. The molecule has 0 amide bonds. The number of hydrogen-bond acceptors (Lipinski definition) is 3. The van der Waals surface area contributed by atoms with E-state index in [1.807, 2.05) is 6.07 Å². The Balaban J connectivity index is 2.33. The van der Waals surface area contributed by atoms with E-state index in [1.165, 1.54) is 0 Å². The molecule has 100 valence electrons. The Labute approximate surface area is 114 Å². The number of ketones is 1. The molecule has 1 saturated heterocycles. The predicted molar refractivity (Wildman–Crippen MR) is 76.4 cm³/mol. The minimum atomic E-state index is 0.0596. The zero-order valence-electron chi connectivity index (χ0n) is 11.9. The van der Waals surface area contributed by atoms with E-state index in [0.717, 1.165) is 37.2 Å². The lowest BCUT2D eigenvalue weighted by molar-refractivity contribution is 0.101. The van der Waals surface area contributed by atoms with Crippen LogP contribution < -0.4 is 4.90 Å². The van der Waals surface area contributed by atoms with Gasteiger partial charge < -0.3 is 4.90 Å². The van der Waals surface area contributed by atoms with Crippen LogP contribution in [0, 0.1) is 16.7 Å². The molecular formula is C16H20N2O. The minimum Gasteiger partial charge on any atom is -0.371 e. The number of carbonyl (C=O) groups excluding carboxylic acids is 1. The van der Waals surface area contributed by atoms with E-state index in [-0.39, 0.29) is 5.78 Å². The lowest BCUT2D eigenvalue weighted by Gasteiger charge is -2.38. The summed E-state index contributed by atoms with van der Waals surface area (Å²) in [5, 5.41) is 9.02. The number of anilines is 1. The van der Waals surface area contributed by atoms with Crippen molar-refractivity contribution < 1.29 is 4.79 Å². The highest BCUT2D eigenvalue weighted by Gasteiger charge is 2.27. The van der Waals surface area contributed by atoms with Crippen LogP contribution in [-0.2, 0) is 0 Å². The van der Waals surface area contributed by atoms with Crippen LogP contribution in [0.4, 0.5) is 5.69 Å². The van der Waals surface area contributed by atoms with Crippen LogP contribution in [0.2, 0.25) is 0 Å². The molecule has 1 fully saturated rings. The van der Waals surface area contributed by atoms with Gasteiger partial charge in [-0.1, -0.05) is 13.8 Å². The van der Waals surface area contributed by atoms with E-state index in [1.54, 1.807) is 19.1 Å². The molecule has 0 radical (unpaired) electrons. The van der Waals surface area contributed by atoms with Gasteiger partial charge in [-0.05, 0) is 43.4 Å². The van der Waals surface area contributed by atoms with Crippen LogP contribution in [0.25, 0.3) is 0 Å². The molecule has 3 nitrogen and oxygen atoms in total. The molecule has 1 heterocycles. The van der Waals surface area contributed by atoms with Gasteiger partial charge in [-0.25, -0.2) is 0 Å². The van der Waals surface area contributed by atoms with Crippen LogP contribution in [-0.4, -0.2) is 18.9 Å². The van der Waals surface area contributed by atoms with Crippen LogP contribution >= 0.6 is 0 Å². The van der Waals surface area contributed by atoms with Gasteiger partial charge in [0.15, 0.2) is 5.78 Å². The van der Waals surface area contributed by atoms with Crippen molar-refractivity contribution in [2.45, 2.75) is 33.6 Å². The Morgan fingerprint density at radius 3 is 2.47 bits per heavy atom. The first-order valence-electron chi connectivity index (χ1n) is 6.73. The lowest BCUT2D eigenvalue weighted by Crippen LogP contribution is -2.38. The maximum atomic E-state index is 11.7. The Kier molecular flexibility index (Phi) is 3.61. The molecule has 0 N–H and O–H groups in total. The fourth-order valence-corrected chi connectivity index (χ4v) is 2.51. The first-order chi connectivity index (χ1) is 8.93. The van der Waals surface area contributed by atoms with Crippen LogP contribution in [0.15, 0.2) is 18.2 Å². The second-order valence-electron chi connectivity index (χ2n) is 6.05. The fourth-order valence-electron chi connectivity index (χ4n) is 2.51.